The summed E-state index contributed by atoms with van der Waals surface area (Å²) in [6, 6.07) is 6.07. The molecule has 0 radical (unpaired) electrons. The second-order valence-electron chi connectivity index (χ2n) is 8.68. The SMILES string of the molecule is C=CCOC(=O)c1sc(N2C(=O)C(=O)C(=C(O)c3nc4c(C)cccn4c3C)C2c2cccnc2)nc1C. The standard InChI is InChI=1S/C27H23N5O5S/c1-5-12-37-26(36)23-15(3)29-27(38-23)32-20(17-9-6-10-28-13-17)18(22(34)25(32)35)21(33)19-16(4)31-11-7-8-14(2)24(31)30-19/h5-11,13,20,33H,1,12H2,2-4H3. The molecule has 1 atom stereocenters. The molecule has 4 aromatic rings. The molecule has 0 aliphatic carbocycles. The molecule has 0 spiro atoms. The van der Waals surface area contributed by atoms with Gasteiger partial charge in [-0.15, -0.1) is 0 Å². The van der Waals surface area contributed by atoms with Crippen LogP contribution in [0.2, 0.25) is 0 Å². The number of esters is 1. The average Bonchev–Trinajstić information content (AvgIpc) is 3.55. The number of anilines is 1. The van der Waals surface area contributed by atoms with Crippen LogP contribution in [0, 0.1) is 20.8 Å². The number of thiazole rings is 1. The molecule has 1 aliphatic heterocycles. The summed E-state index contributed by atoms with van der Waals surface area (Å²) < 4.78 is 6.95. The second kappa shape index (κ2) is 9.67. The highest BCUT2D eigenvalue weighted by atomic mass is 32.1. The van der Waals surface area contributed by atoms with E-state index in [2.05, 4.69) is 21.5 Å². The Balaban J connectivity index is 1.69. The minimum absolute atomic E-state index is 0.0174. The number of ether oxygens (including phenoxy) is 1. The predicted octanol–water partition coefficient (Wildman–Crippen LogP) is 4.08. The number of nitrogens with zero attached hydrogens (tertiary/aromatic N) is 5. The Hall–Kier alpha value is -4.64. The van der Waals surface area contributed by atoms with Crippen LogP contribution < -0.4 is 4.90 Å². The maximum absolute atomic E-state index is 13.5. The first kappa shape index (κ1) is 25.0. The van der Waals surface area contributed by atoms with Crippen molar-refractivity contribution in [2.45, 2.75) is 26.8 Å². The summed E-state index contributed by atoms with van der Waals surface area (Å²) >= 11 is 0.927. The minimum Gasteiger partial charge on any atom is -0.505 e. The van der Waals surface area contributed by atoms with Crippen molar-refractivity contribution in [1.29, 1.82) is 0 Å². The van der Waals surface area contributed by atoms with E-state index in [9.17, 15) is 19.5 Å². The number of Topliss-reactive ketones (excluding diaryl/α,β-unsaturated/α-hetero) is 1. The second-order valence-corrected chi connectivity index (χ2v) is 9.66. The molecule has 192 valence electrons. The molecule has 5 rings (SSSR count). The lowest BCUT2D eigenvalue weighted by molar-refractivity contribution is -0.132. The number of carbonyl (C=O) groups excluding carboxylic acids is 3. The number of fused-ring (bicyclic) bond motifs is 1. The maximum atomic E-state index is 13.5. The molecule has 1 amide bonds. The van der Waals surface area contributed by atoms with Crippen LogP contribution in [0.3, 0.4) is 0 Å². The number of aryl methyl sites for hydroxylation is 3. The molecule has 1 fully saturated rings. The predicted molar refractivity (Wildman–Crippen MR) is 141 cm³/mol. The van der Waals surface area contributed by atoms with E-state index < -0.39 is 29.5 Å². The van der Waals surface area contributed by atoms with Crippen molar-refractivity contribution in [3.63, 3.8) is 0 Å². The minimum atomic E-state index is -1.04. The maximum Gasteiger partial charge on any atom is 0.350 e. The highest BCUT2D eigenvalue weighted by Crippen LogP contribution is 2.44. The first-order valence-corrected chi connectivity index (χ1v) is 12.5. The van der Waals surface area contributed by atoms with E-state index in [-0.39, 0.29) is 27.9 Å². The van der Waals surface area contributed by atoms with Crippen LogP contribution in [0.25, 0.3) is 11.4 Å². The molecule has 0 aromatic carbocycles. The fourth-order valence-corrected chi connectivity index (χ4v) is 5.42. The van der Waals surface area contributed by atoms with Gasteiger partial charge in [-0.2, -0.15) is 0 Å². The molecule has 10 nitrogen and oxygen atoms in total. The van der Waals surface area contributed by atoms with Gasteiger partial charge in [0.15, 0.2) is 10.9 Å². The summed E-state index contributed by atoms with van der Waals surface area (Å²) in [4.78, 5) is 53.9. The lowest BCUT2D eigenvalue weighted by Crippen LogP contribution is -2.29. The fraction of sp³-hybridized carbons (Fsp3) is 0.185. The third-order valence-corrected chi connectivity index (χ3v) is 7.40. The Labute approximate surface area is 221 Å². The number of aliphatic hydroxyl groups is 1. The van der Waals surface area contributed by atoms with Crippen molar-refractivity contribution >= 4 is 45.5 Å². The third kappa shape index (κ3) is 3.97. The van der Waals surface area contributed by atoms with Gasteiger partial charge in [0.1, 0.15) is 22.8 Å². The molecule has 1 unspecified atom stereocenters. The van der Waals surface area contributed by atoms with Crippen molar-refractivity contribution in [2.75, 3.05) is 11.5 Å². The lowest BCUT2D eigenvalue weighted by atomic mass is 9.97. The Kier molecular flexibility index (Phi) is 6.37. The number of aromatic nitrogens is 4. The number of hydrogen-bond donors (Lipinski definition) is 1. The zero-order chi connectivity index (χ0) is 27.1. The molecule has 1 saturated heterocycles. The summed E-state index contributed by atoms with van der Waals surface area (Å²) in [5, 5.41) is 11.6. The zero-order valence-electron chi connectivity index (χ0n) is 20.8. The monoisotopic (exact) mass is 529 g/mol. The van der Waals surface area contributed by atoms with E-state index in [0.29, 0.717) is 22.6 Å². The van der Waals surface area contributed by atoms with Crippen molar-refractivity contribution in [3.05, 3.63) is 94.2 Å². The van der Waals surface area contributed by atoms with E-state index in [1.807, 2.05) is 29.7 Å². The van der Waals surface area contributed by atoms with Crippen LogP contribution in [0.4, 0.5) is 5.13 Å². The van der Waals surface area contributed by atoms with Crippen LogP contribution in [0.15, 0.2) is 61.1 Å². The van der Waals surface area contributed by atoms with Crippen LogP contribution in [-0.2, 0) is 14.3 Å². The Morgan fingerprint density at radius 1 is 1.21 bits per heavy atom. The molecule has 1 aliphatic rings. The molecule has 5 heterocycles. The van der Waals surface area contributed by atoms with Crippen molar-refractivity contribution in [2.24, 2.45) is 0 Å². The molecule has 38 heavy (non-hydrogen) atoms. The number of ketones is 1. The van der Waals surface area contributed by atoms with Crippen LogP contribution in [-0.4, -0.2) is 48.7 Å². The number of pyridine rings is 2. The molecule has 0 saturated carbocycles. The van der Waals surface area contributed by atoms with Gasteiger partial charge in [-0.1, -0.05) is 36.1 Å². The number of hydrogen-bond acceptors (Lipinski definition) is 9. The molecular weight excluding hydrogens is 506 g/mol. The van der Waals surface area contributed by atoms with E-state index in [1.165, 1.54) is 17.2 Å². The smallest absolute Gasteiger partial charge is 0.350 e. The van der Waals surface area contributed by atoms with Crippen molar-refractivity contribution < 1.29 is 24.2 Å². The summed E-state index contributed by atoms with van der Waals surface area (Å²) in [5.74, 6) is -2.80. The number of imidazole rings is 1. The zero-order valence-corrected chi connectivity index (χ0v) is 21.7. The van der Waals surface area contributed by atoms with Gasteiger partial charge >= 0.3 is 11.9 Å². The van der Waals surface area contributed by atoms with Crippen LogP contribution >= 0.6 is 11.3 Å². The lowest BCUT2D eigenvalue weighted by Gasteiger charge is -2.22. The summed E-state index contributed by atoms with van der Waals surface area (Å²) in [6.45, 7) is 8.83. The molecule has 4 aromatic heterocycles. The van der Waals surface area contributed by atoms with Gasteiger partial charge in [-0.05, 0) is 44.0 Å². The van der Waals surface area contributed by atoms with Gasteiger partial charge in [0.25, 0.3) is 5.78 Å². The Morgan fingerprint density at radius 3 is 2.68 bits per heavy atom. The number of carbonyl (C=O) groups is 3. The van der Waals surface area contributed by atoms with Crippen molar-refractivity contribution in [3.8, 4) is 0 Å². The number of aliphatic hydroxyl groups excluding tert-OH is 1. The van der Waals surface area contributed by atoms with Gasteiger partial charge in [0.05, 0.1) is 23.0 Å². The van der Waals surface area contributed by atoms with E-state index in [0.717, 1.165) is 16.9 Å². The molecular formula is C27H23N5O5S. The highest BCUT2D eigenvalue weighted by molar-refractivity contribution is 7.17. The Morgan fingerprint density at radius 2 is 2.00 bits per heavy atom. The van der Waals surface area contributed by atoms with Gasteiger partial charge < -0.3 is 14.2 Å². The summed E-state index contributed by atoms with van der Waals surface area (Å²) in [5.41, 5.74) is 2.98. The average molecular weight is 530 g/mol. The number of rotatable bonds is 6. The van der Waals surface area contributed by atoms with Gasteiger partial charge in [0, 0.05) is 18.6 Å². The Bertz CT molecular complexity index is 1650. The summed E-state index contributed by atoms with van der Waals surface area (Å²) in [6.07, 6.45) is 6.33. The normalized spacial score (nSPS) is 16.8. The van der Waals surface area contributed by atoms with E-state index in [1.54, 1.807) is 32.2 Å². The highest BCUT2D eigenvalue weighted by Gasteiger charge is 2.49. The van der Waals surface area contributed by atoms with Crippen LogP contribution in [0.5, 0.6) is 0 Å². The third-order valence-electron chi connectivity index (χ3n) is 6.26. The van der Waals surface area contributed by atoms with Gasteiger partial charge in [-0.3, -0.25) is 19.5 Å². The first-order valence-electron chi connectivity index (χ1n) is 11.7. The van der Waals surface area contributed by atoms with Crippen molar-refractivity contribution in [1.82, 2.24) is 19.4 Å². The van der Waals surface area contributed by atoms with Gasteiger partial charge in [-0.25, -0.2) is 14.8 Å². The van der Waals surface area contributed by atoms with E-state index >= 15 is 0 Å². The molecule has 11 heteroatoms. The topological polar surface area (TPSA) is 127 Å². The first-order chi connectivity index (χ1) is 18.2. The molecule has 1 N–H and O–H groups in total. The van der Waals surface area contributed by atoms with E-state index in [4.69, 9.17) is 4.74 Å². The quantitative estimate of drug-likeness (QED) is 0.130. The molecule has 0 bridgehead atoms. The largest absolute Gasteiger partial charge is 0.505 e. The summed E-state index contributed by atoms with van der Waals surface area (Å²) in [7, 11) is 0. The number of amides is 1. The van der Waals surface area contributed by atoms with Crippen LogP contribution in [0.1, 0.15) is 43.9 Å². The fourth-order valence-electron chi connectivity index (χ4n) is 4.43. The van der Waals surface area contributed by atoms with Gasteiger partial charge in [0.2, 0.25) is 0 Å².